The molecule has 15 heteroatoms. The van der Waals surface area contributed by atoms with Crippen LogP contribution in [0.5, 0.6) is 11.8 Å². The molecule has 3 atom stereocenters. The number of carbonyl (C=O) groups excluding carboxylic acids is 2. The fraction of sp³-hybridized carbons (Fsp3) is 0.400. The molecule has 0 bridgehead atoms. The SMILES string of the molecule is CCC(=O)N[C@@H](C)CNCc1ccc(-c2cccc(-c3cccc4c3CC[C@@H]4Oc3nc4c(nc3Cl)c(CNC[C@@H]3CCC(=O)N3)nn4C)c2Cl)nc1OC. The molecule has 0 unspecified atom stereocenters. The van der Waals surface area contributed by atoms with Gasteiger partial charge in [0.2, 0.25) is 17.7 Å². The summed E-state index contributed by atoms with van der Waals surface area (Å²) in [4.78, 5) is 37.5. The van der Waals surface area contributed by atoms with E-state index in [0.717, 1.165) is 58.3 Å². The van der Waals surface area contributed by atoms with Gasteiger partial charge in [-0.3, -0.25) is 9.59 Å². The summed E-state index contributed by atoms with van der Waals surface area (Å²) >= 11 is 13.9. The van der Waals surface area contributed by atoms with Crippen LogP contribution in [0.15, 0.2) is 48.5 Å². The van der Waals surface area contributed by atoms with Gasteiger partial charge in [-0.05, 0) is 48.9 Å². The lowest BCUT2D eigenvalue weighted by Gasteiger charge is -2.17. The molecule has 7 rings (SSSR count). The van der Waals surface area contributed by atoms with Crippen molar-refractivity contribution in [2.24, 2.45) is 7.05 Å². The fourth-order valence-electron chi connectivity index (χ4n) is 7.32. The van der Waals surface area contributed by atoms with Gasteiger partial charge in [0.15, 0.2) is 10.8 Å². The number of methoxy groups -OCH3 is 1. The molecule has 0 radical (unpaired) electrons. The minimum atomic E-state index is -0.282. The van der Waals surface area contributed by atoms with Crippen LogP contribution in [-0.4, -0.2) is 68.8 Å². The zero-order valence-corrected chi connectivity index (χ0v) is 32.9. The number of fused-ring (bicyclic) bond motifs is 2. The Labute approximate surface area is 329 Å². The molecule has 55 heavy (non-hydrogen) atoms. The van der Waals surface area contributed by atoms with E-state index in [0.29, 0.717) is 66.8 Å². The van der Waals surface area contributed by atoms with Crippen molar-refractivity contribution in [1.82, 2.24) is 46.0 Å². The lowest BCUT2D eigenvalue weighted by molar-refractivity contribution is -0.121. The number of ether oxygens (including phenoxy) is 2. The van der Waals surface area contributed by atoms with E-state index in [2.05, 4.69) is 43.5 Å². The summed E-state index contributed by atoms with van der Waals surface area (Å²) in [6, 6.07) is 16.2. The molecule has 1 fully saturated rings. The van der Waals surface area contributed by atoms with E-state index in [1.807, 2.05) is 57.3 Å². The first-order valence-corrected chi connectivity index (χ1v) is 19.4. The third-order valence-electron chi connectivity index (χ3n) is 10.1. The first-order chi connectivity index (χ1) is 26.6. The molecule has 2 aliphatic rings. The van der Waals surface area contributed by atoms with Crippen LogP contribution in [0.4, 0.5) is 0 Å². The number of aryl methyl sites for hydroxylation is 1. The van der Waals surface area contributed by atoms with Crippen molar-refractivity contribution in [3.63, 3.8) is 0 Å². The molecule has 4 heterocycles. The molecule has 288 valence electrons. The second-order valence-electron chi connectivity index (χ2n) is 14.0. The fourth-order valence-corrected chi connectivity index (χ4v) is 7.82. The predicted octanol–water partition coefficient (Wildman–Crippen LogP) is 5.85. The third-order valence-corrected chi connectivity index (χ3v) is 10.7. The second-order valence-corrected chi connectivity index (χ2v) is 14.7. The number of hydrogen-bond acceptors (Lipinski definition) is 10. The number of pyridine rings is 1. The third kappa shape index (κ3) is 8.40. The van der Waals surface area contributed by atoms with Gasteiger partial charge in [-0.1, -0.05) is 72.6 Å². The Kier molecular flexibility index (Phi) is 11.8. The Morgan fingerprint density at radius 2 is 1.78 bits per heavy atom. The number of halogens is 2. The molecule has 0 spiro atoms. The largest absolute Gasteiger partial charge is 0.481 e. The highest BCUT2D eigenvalue weighted by molar-refractivity contribution is 6.36. The predicted molar refractivity (Wildman–Crippen MR) is 212 cm³/mol. The highest BCUT2D eigenvalue weighted by Gasteiger charge is 2.30. The van der Waals surface area contributed by atoms with Crippen molar-refractivity contribution in [2.45, 2.75) is 77.2 Å². The average Bonchev–Trinajstić information content (AvgIpc) is 3.88. The van der Waals surface area contributed by atoms with E-state index in [-0.39, 0.29) is 41.0 Å². The Bertz CT molecular complexity index is 2230. The van der Waals surface area contributed by atoms with Gasteiger partial charge in [0.25, 0.3) is 5.88 Å². The molecule has 13 nitrogen and oxygen atoms in total. The van der Waals surface area contributed by atoms with Gasteiger partial charge >= 0.3 is 0 Å². The minimum Gasteiger partial charge on any atom is -0.481 e. The van der Waals surface area contributed by atoms with Crippen molar-refractivity contribution in [1.29, 1.82) is 0 Å². The zero-order valence-electron chi connectivity index (χ0n) is 31.3. The van der Waals surface area contributed by atoms with Gasteiger partial charge in [0.1, 0.15) is 17.3 Å². The molecule has 4 N–H and O–H groups in total. The van der Waals surface area contributed by atoms with E-state index in [1.54, 1.807) is 11.8 Å². The molecule has 1 aliphatic heterocycles. The van der Waals surface area contributed by atoms with Crippen molar-refractivity contribution in [2.75, 3.05) is 20.2 Å². The number of nitrogens with zero attached hydrogens (tertiary/aromatic N) is 5. The van der Waals surface area contributed by atoms with E-state index in [1.165, 1.54) is 0 Å². The van der Waals surface area contributed by atoms with Crippen LogP contribution in [0.1, 0.15) is 68.0 Å². The Hall–Kier alpha value is -4.82. The van der Waals surface area contributed by atoms with Crippen LogP contribution in [0.3, 0.4) is 0 Å². The molecule has 0 saturated carbocycles. The van der Waals surface area contributed by atoms with Gasteiger partial charge in [0, 0.05) is 74.8 Å². The van der Waals surface area contributed by atoms with Crippen LogP contribution < -0.4 is 30.7 Å². The van der Waals surface area contributed by atoms with Crippen LogP contribution in [-0.2, 0) is 36.1 Å². The lowest BCUT2D eigenvalue weighted by Crippen LogP contribution is -2.39. The number of hydrogen-bond donors (Lipinski definition) is 4. The van der Waals surface area contributed by atoms with Crippen LogP contribution in [0, 0.1) is 0 Å². The number of rotatable bonds is 15. The summed E-state index contributed by atoms with van der Waals surface area (Å²) in [5, 5.41) is 18.1. The van der Waals surface area contributed by atoms with Crippen LogP contribution in [0.25, 0.3) is 33.5 Å². The Morgan fingerprint density at radius 1 is 0.982 bits per heavy atom. The quantitative estimate of drug-likeness (QED) is 0.102. The number of amides is 2. The molecule has 5 aromatic rings. The summed E-state index contributed by atoms with van der Waals surface area (Å²) < 4.78 is 13.9. The van der Waals surface area contributed by atoms with Gasteiger partial charge in [-0.15, -0.1) is 0 Å². The normalized spacial score (nSPS) is 16.9. The number of benzene rings is 2. The van der Waals surface area contributed by atoms with Crippen LogP contribution >= 0.6 is 23.2 Å². The monoisotopic (exact) mass is 785 g/mol. The topological polar surface area (TPSA) is 157 Å². The Morgan fingerprint density at radius 3 is 2.56 bits per heavy atom. The molecular formula is C40H45Cl2N9O4. The lowest BCUT2D eigenvalue weighted by atomic mass is 9.94. The first-order valence-electron chi connectivity index (χ1n) is 18.6. The van der Waals surface area contributed by atoms with Gasteiger partial charge in [-0.2, -0.15) is 10.1 Å². The highest BCUT2D eigenvalue weighted by atomic mass is 35.5. The second kappa shape index (κ2) is 16.9. The maximum Gasteiger partial charge on any atom is 0.254 e. The van der Waals surface area contributed by atoms with E-state index in [9.17, 15) is 9.59 Å². The number of carbonyl (C=O) groups is 2. The number of nitrogens with one attached hydrogen (secondary N) is 4. The molecule has 3 aromatic heterocycles. The van der Waals surface area contributed by atoms with Gasteiger partial charge < -0.3 is 30.7 Å². The average molecular weight is 787 g/mol. The molecule has 2 aromatic carbocycles. The number of aromatic nitrogens is 5. The summed E-state index contributed by atoms with van der Waals surface area (Å²) in [5.41, 5.74) is 8.42. The summed E-state index contributed by atoms with van der Waals surface area (Å²) in [6.45, 7) is 6.06. The van der Waals surface area contributed by atoms with Gasteiger partial charge in [0.05, 0.1) is 17.8 Å². The summed E-state index contributed by atoms with van der Waals surface area (Å²) in [7, 11) is 3.43. The maximum atomic E-state index is 11.7. The molecule has 1 aliphatic carbocycles. The molecular weight excluding hydrogens is 741 g/mol. The minimum absolute atomic E-state index is 0.00172. The standard InChI is InChI=1S/C40H45Cl2N9O4/c1-5-33(52)45-22(2)18-43-19-23-12-15-30(47-39(23)54-4)29-11-7-10-28(35(29)41)25-8-6-9-27-26(25)14-16-32(27)55-40-37(42)48-36-31(50-51(3)38(36)49-40)21-44-20-24-13-17-34(53)46-24/h6-12,15,22,24,32,43-44H,5,13-14,16-21H2,1-4H3,(H,45,52)(H,46,53)/t22-,24-,32-/m0/s1. The van der Waals surface area contributed by atoms with E-state index in [4.69, 9.17) is 42.6 Å². The van der Waals surface area contributed by atoms with Gasteiger partial charge in [-0.25, -0.2) is 14.6 Å². The smallest absolute Gasteiger partial charge is 0.254 e. The molecule has 1 saturated heterocycles. The van der Waals surface area contributed by atoms with Crippen molar-refractivity contribution in [3.05, 3.63) is 81.1 Å². The summed E-state index contributed by atoms with van der Waals surface area (Å²) in [5.74, 6) is 0.873. The summed E-state index contributed by atoms with van der Waals surface area (Å²) in [6.07, 6.45) is 3.06. The van der Waals surface area contributed by atoms with Crippen molar-refractivity contribution < 1.29 is 19.1 Å². The molecule has 2 amide bonds. The van der Waals surface area contributed by atoms with Crippen molar-refractivity contribution in [3.8, 4) is 34.1 Å². The maximum absolute atomic E-state index is 11.7. The Balaban J connectivity index is 1.07. The first kappa shape index (κ1) is 38.5. The van der Waals surface area contributed by atoms with E-state index < -0.39 is 0 Å². The van der Waals surface area contributed by atoms with E-state index >= 15 is 0 Å². The zero-order chi connectivity index (χ0) is 38.6. The highest BCUT2D eigenvalue weighted by Crippen LogP contribution is 2.44. The van der Waals surface area contributed by atoms with Crippen LogP contribution in [0.2, 0.25) is 10.2 Å². The van der Waals surface area contributed by atoms with Crippen molar-refractivity contribution >= 4 is 46.2 Å².